The number of carbonyl (C=O) groups is 1. The van der Waals surface area contributed by atoms with Gasteiger partial charge >= 0.3 is 0 Å². The predicted molar refractivity (Wildman–Crippen MR) is 87.8 cm³/mol. The number of carbonyl (C=O) groups excluding carboxylic acids is 1. The van der Waals surface area contributed by atoms with E-state index in [1.165, 1.54) is 11.0 Å². The van der Waals surface area contributed by atoms with E-state index in [1.807, 2.05) is 0 Å². The number of amides is 1. The van der Waals surface area contributed by atoms with Gasteiger partial charge < -0.3 is 10.0 Å². The van der Waals surface area contributed by atoms with Crippen molar-refractivity contribution in [3.8, 4) is 0 Å². The van der Waals surface area contributed by atoms with E-state index >= 15 is 0 Å². The number of aliphatic hydroxyl groups excluding tert-OH is 1. The molecule has 1 aromatic rings. The minimum absolute atomic E-state index is 0.0331. The molecule has 1 saturated carbocycles. The van der Waals surface area contributed by atoms with Gasteiger partial charge in [0.2, 0.25) is 5.91 Å². The first-order valence-corrected chi connectivity index (χ1v) is 9.95. The standard InChI is InChI=1S/C17H22FNO4S/c1-16(8-11-24(22,23)12-16)19(9-10-20)15(21)17(6-7-17)13-4-2-3-5-14(13)18/h2-5,20H,6-12H2,1H3. The SMILES string of the molecule is CC1(N(CCO)C(=O)C2(c3ccccc3F)CC2)CCS(=O)(=O)C1. The third-order valence-corrected chi connectivity index (χ3v) is 7.14. The number of halogens is 1. The van der Waals surface area contributed by atoms with Crippen molar-refractivity contribution in [2.24, 2.45) is 0 Å². The summed E-state index contributed by atoms with van der Waals surface area (Å²) in [4.78, 5) is 14.7. The molecule has 2 aliphatic rings. The van der Waals surface area contributed by atoms with Crippen LogP contribution in [0.4, 0.5) is 4.39 Å². The summed E-state index contributed by atoms with van der Waals surface area (Å²) in [6.07, 6.45) is 1.42. The first kappa shape index (κ1) is 17.4. The van der Waals surface area contributed by atoms with Gasteiger partial charge in [0.25, 0.3) is 0 Å². The van der Waals surface area contributed by atoms with E-state index in [-0.39, 0.29) is 30.6 Å². The molecule has 1 aliphatic carbocycles. The Morgan fingerprint density at radius 3 is 2.46 bits per heavy atom. The average molecular weight is 355 g/mol. The molecule has 2 fully saturated rings. The Kier molecular flexibility index (Phi) is 4.20. The van der Waals surface area contributed by atoms with Gasteiger partial charge in [-0.15, -0.1) is 0 Å². The Balaban J connectivity index is 1.95. The van der Waals surface area contributed by atoms with Crippen molar-refractivity contribution in [3.63, 3.8) is 0 Å². The van der Waals surface area contributed by atoms with Crippen LogP contribution in [0.25, 0.3) is 0 Å². The zero-order valence-electron chi connectivity index (χ0n) is 13.7. The molecule has 1 amide bonds. The van der Waals surface area contributed by atoms with Crippen LogP contribution in [0.5, 0.6) is 0 Å². The summed E-state index contributed by atoms with van der Waals surface area (Å²) >= 11 is 0. The molecule has 0 aromatic heterocycles. The summed E-state index contributed by atoms with van der Waals surface area (Å²) in [6.45, 7) is 1.54. The Morgan fingerprint density at radius 2 is 1.96 bits per heavy atom. The number of nitrogens with zero attached hydrogens (tertiary/aromatic N) is 1. The van der Waals surface area contributed by atoms with E-state index in [2.05, 4.69) is 0 Å². The lowest BCUT2D eigenvalue weighted by Crippen LogP contribution is -2.55. The van der Waals surface area contributed by atoms with Crippen molar-refractivity contribution in [2.75, 3.05) is 24.7 Å². The minimum atomic E-state index is -3.20. The van der Waals surface area contributed by atoms with E-state index in [0.717, 1.165) is 0 Å². The van der Waals surface area contributed by atoms with Crippen molar-refractivity contribution in [1.29, 1.82) is 0 Å². The summed E-state index contributed by atoms with van der Waals surface area (Å²) in [5, 5.41) is 9.38. The molecule has 1 atom stereocenters. The summed E-state index contributed by atoms with van der Waals surface area (Å²) in [6, 6.07) is 6.23. The molecule has 1 heterocycles. The highest BCUT2D eigenvalue weighted by atomic mass is 32.2. The lowest BCUT2D eigenvalue weighted by Gasteiger charge is -2.39. The lowest BCUT2D eigenvalue weighted by molar-refractivity contribution is -0.140. The van der Waals surface area contributed by atoms with E-state index < -0.39 is 26.6 Å². The van der Waals surface area contributed by atoms with Crippen LogP contribution in [-0.4, -0.2) is 54.5 Å². The Labute approximate surface area is 141 Å². The maximum atomic E-state index is 14.2. The van der Waals surface area contributed by atoms with Crippen LogP contribution >= 0.6 is 0 Å². The maximum absolute atomic E-state index is 14.2. The van der Waals surface area contributed by atoms with Gasteiger partial charge in [0.1, 0.15) is 5.82 Å². The molecule has 0 radical (unpaired) electrons. The Hall–Kier alpha value is -1.47. The van der Waals surface area contributed by atoms with Crippen molar-refractivity contribution in [3.05, 3.63) is 35.6 Å². The molecule has 1 N–H and O–H groups in total. The molecule has 1 aliphatic heterocycles. The van der Waals surface area contributed by atoms with Gasteiger partial charge in [-0.25, -0.2) is 12.8 Å². The van der Waals surface area contributed by atoms with E-state index in [4.69, 9.17) is 0 Å². The molecule has 24 heavy (non-hydrogen) atoms. The second-order valence-electron chi connectivity index (χ2n) is 7.08. The normalized spacial score (nSPS) is 27.0. The molecular weight excluding hydrogens is 333 g/mol. The largest absolute Gasteiger partial charge is 0.395 e. The number of benzene rings is 1. The van der Waals surface area contributed by atoms with Crippen molar-refractivity contribution >= 4 is 15.7 Å². The van der Waals surface area contributed by atoms with Crippen LogP contribution in [0, 0.1) is 5.82 Å². The zero-order valence-corrected chi connectivity index (χ0v) is 14.5. The van der Waals surface area contributed by atoms with Gasteiger partial charge in [0, 0.05) is 12.1 Å². The highest BCUT2D eigenvalue weighted by molar-refractivity contribution is 7.91. The Bertz CT molecular complexity index is 760. The van der Waals surface area contributed by atoms with Gasteiger partial charge in [0.05, 0.1) is 29.1 Å². The molecule has 5 nitrogen and oxygen atoms in total. The van der Waals surface area contributed by atoms with Crippen LogP contribution < -0.4 is 0 Å². The second-order valence-corrected chi connectivity index (χ2v) is 9.27. The number of aliphatic hydroxyl groups is 1. The molecule has 1 saturated heterocycles. The van der Waals surface area contributed by atoms with Crippen molar-refractivity contribution in [1.82, 2.24) is 4.90 Å². The fourth-order valence-corrected chi connectivity index (χ4v) is 5.90. The third kappa shape index (κ3) is 2.84. The highest BCUT2D eigenvalue weighted by Crippen LogP contribution is 2.51. The van der Waals surface area contributed by atoms with Crippen LogP contribution in [0.15, 0.2) is 24.3 Å². The number of hydrogen-bond acceptors (Lipinski definition) is 4. The predicted octanol–water partition coefficient (Wildman–Crippen LogP) is 1.26. The van der Waals surface area contributed by atoms with Gasteiger partial charge in [-0.1, -0.05) is 18.2 Å². The van der Waals surface area contributed by atoms with Crippen LogP contribution in [0.2, 0.25) is 0 Å². The average Bonchev–Trinajstić information content (AvgIpc) is 3.26. The van der Waals surface area contributed by atoms with Crippen molar-refractivity contribution in [2.45, 2.75) is 37.1 Å². The minimum Gasteiger partial charge on any atom is -0.395 e. The highest BCUT2D eigenvalue weighted by Gasteiger charge is 2.57. The van der Waals surface area contributed by atoms with Gasteiger partial charge in [0.15, 0.2) is 9.84 Å². The van der Waals surface area contributed by atoms with E-state index in [0.29, 0.717) is 24.8 Å². The van der Waals surface area contributed by atoms with Crippen LogP contribution in [0.1, 0.15) is 31.7 Å². The molecule has 7 heteroatoms. The van der Waals surface area contributed by atoms with Gasteiger partial charge in [-0.05, 0) is 32.3 Å². The monoisotopic (exact) mass is 355 g/mol. The summed E-state index contributed by atoms with van der Waals surface area (Å²) in [5.41, 5.74) is -1.41. The van der Waals surface area contributed by atoms with Gasteiger partial charge in [-0.3, -0.25) is 4.79 Å². The lowest BCUT2D eigenvalue weighted by atomic mass is 9.90. The first-order valence-electron chi connectivity index (χ1n) is 8.13. The van der Waals surface area contributed by atoms with Gasteiger partial charge in [-0.2, -0.15) is 0 Å². The number of sulfone groups is 1. The quantitative estimate of drug-likeness (QED) is 0.863. The van der Waals surface area contributed by atoms with E-state index in [1.54, 1.807) is 25.1 Å². The number of β-amino-alcohol motifs (C(OH)–C–C–N with tert-alkyl or cyclic N) is 1. The van der Waals surface area contributed by atoms with Crippen LogP contribution in [-0.2, 0) is 20.0 Å². The fraction of sp³-hybridized carbons (Fsp3) is 0.588. The smallest absolute Gasteiger partial charge is 0.233 e. The van der Waals surface area contributed by atoms with E-state index in [9.17, 15) is 22.7 Å². The van der Waals surface area contributed by atoms with Crippen molar-refractivity contribution < 1.29 is 22.7 Å². The molecule has 1 unspecified atom stereocenters. The summed E-state index contributed by atoms with van der Waals surface area (Å²) < 4.78 is 38.0. The summed E-state index contributed by atoms with van der Waals surface area (Å²) in [7, 11) is -3.20. The number of hydrogen-bond donors (Lipinski definition) is 1. The molecule has 3 rings (SSSR count). The van der Waals surface area contributed by atoms with Crippen LogP contribution in [0.3, 0.4) is 0 Å². The molecule has 1 aromatic carbocycles. The third-order valence-electron chi connectivity index (χ3n) is 5.25. The molecular formula is C17H22FNO4S. The molecule has 0 spiro atoms. The molecule has 132 valence electrons. The second kappa shape index (κ2) is 5.81. The molecule has 0 bridgehead atoms. The summed E-state index contributed by atoms with van der Waals surface area (Å²) in [5.74, 6) is -0.775. The Morgan fingerprint density at radius 1 is 1.29 bits per heavy atom. The fourth-order valence-electron chi connectivity index (χ4n) is 3.75. The number of rotatable bonds is 5. The first-order chi connectivity index (χ1) is 11.2. The maximum Gasteiger partial charge on any atom is 0.233 e. The zero-order chi connectivity index (χ0) is 17.6. The topological polar surface area (TPSA) is 74.7 Å².